The molecule has 2 aromatic carbocycles. The highest BCUT2D eigenvalue weighted by atomic mass is 35.5. The first-order valence-corrected chi connectivity index (χ1v) is 10.1. The van der Waals surface area contributed by atoms with Gasteiger partial charge in [-0.05, 0) is 81.6 Å². The number of carbonyl (C=O) groups is 1. The number of nitrogens with one attached hydrogen (secondary N) is 1. The van der Waals surface area contributed by atoms with Crippen molar-refractivity contribution in [1.29, 1.82) is 0 Å². The molecule has 0 fully saturated rings. The predicted molar refractivity (Wildman–Crippen MR) is 122 cm³/mol. The quantitative estimate of drug-likeness (QED) is 0.452. The Bertz CT molecular complexity index is 1310. The molecule has 0 bridgehead atoms. The molecule has 5 nitrogen and oxygen atoms in total. The van der Waals surface area contributed by atoms with E-state index >= 15 is 0 Å². The van der Waals surface area contributed by atoms with Gasteiger partial charge in [0.1, 0.15) is 0 Å². The number of pyridine rings is 1. The highest BCUT2D eigenvalue weighted by Gasteiger charge is 2.20. The maximum Gasteiger partial charge on any atom is 0.256 e. The smallest absolute Gasteiger partial charge is 0.256 e. The maximum absolute atomic E-state index is 13.2. The van der Waals surface area contributed by atoms with Crippen LogP contribution in [-0.2, 0) is 0 Å². The fraction of sp³-hybridized carbons (Fsp3) is 0.208. The Morgan fingerprint density at radius 2 is 1.77 bits per heavy atom. The molecule has 0 unspecified atom stereocenters. The predicted octanol–water partition coefficient (Wildman–Crippen LogP) is 5.87. The van der Waals surface area contributed by atoms with Crippen LogP contribution < -0.4 is 5.32 Å². The average molecular weight is 419 g/mol. The van der Waals surface area contributed by atoms with Gasteiger partial charge in [-0.1, -0.05) is 23.7 Å². The first-order valence-electron chi connectivity index (χ1n) is 9.77. The number of hydrogen-bond acceptors (Lipinski definition) is 3. The number of hydrogen-bond donors (Lipinski definition) is 1. The van der Waals surface area contributed by atoms with Crippen molar-refractivity contribution in [1.82, 2.24) is 14.8 Å². The molecule has 1 N–H and O–H groups in total. The molecule has 152 valence electrons. The lowest BCUT2D eigenvalue weighted by molar-refractivity contribution is 0.102. The summed E-state index contributed by atoms with van der Waals surface area (Å²) in [5.74, 6) is -0.181. The topological polar surface area (TPSA) is 59.8 Å². The van der Waals surface area contributed by atoms with Gasteiger partial charge in [0, 0.05) is 16.4 Å². The monoisotopic (exact) mass is 418 g/mol. The third-order valence-electron chi connectivity index (χ3n) is 5.42. The fourth-order valence-electron chi connectivity index (χ4n) is 3.60. The molecule has 0 spiro atoms. The molecule has 0 aliphatic rings. The van der Waals surface area contributed by atoms with Crippen molar-refractivity contribution >= 4 is 34.2 Å². The summed E-state index contributed by atoms with van der Waals surface area (Å²) >= 11 is 6.32. The zero-order valence-corrected chi connectivity index (χ0v) is 18.4. The van der Waals surface area contributed by atoms with Crippen molar-refractivity contribution in [3.05, 3.63) is 81.1 Å². The number of nitrogens with zero attached hydrogens (tertiary/aromatic N) is 3. The van der Waals surface area contributed by atoms with E-state index in [2.05, 4.69) is 5.32 Å². The van der Waals surface area contributed by atoms with Crippen molar-refractivity contribution in [2.24, 2.45) is 0 Å². The Balaban J connectivity index is 1.85. The van der Waals surface area contributed by atoms with Crippen molar-refractivity contribution in [2.75, 3.05) is 5.32 Å². The molecule has 2 heterocycles. The summed E-state index contributed by atoms with van der Waals surface area (Å²) in [5, 5.41) is 9.11. The van der Waals surface area contributed by atoms with E-state index in [-0.39, 0.29) is 5.91 Å². The van der Waals surface area contributed by atoms with Gasteiger partial charge in [-0.3, -0.25) is 4.79 Å². The molecule has 6 heteroatoms. The summed E-state index contributed by atoms with van der Waals surface area (Å²) in [5.41, 5.74) is 7.51. The van der Waals surface area contributed by atoms with E-state index in [1.54, 1.807) is 4.68 Å². The van der Waals surface area contributed by atoms with Gasteiger partial charge in [0.05, 0.1) is 22.3 Å². The minimum absolute atomic E-state index is 0.181. The Morgan fingerprint density at radius 1 is 1.00 bits per heavy atom. The summed E-state index contributed by atoms with van der Waals surface area (Å²) in [4.78, 5) is 17.9. The summed E-state index contributed by atoms with van der Waals surface area (Å²) in [7, 11) is 0. The molecule has 4 aromatic rings. The molecular weight excluding hydrogens is 396 g/mol. The van der Waals surface area contributed by atoms with Gasteiger partial charge < -0.3 is 5.32 Å². The van der Waals surface area contributed by atoms with Gasteiger partial charge >= 0.3 is 0 Å². The zero-order chi connectivity index (χ0) is 21.6. The number of amides is 1. The number of fused-ring (bicyclic) bond motifs is 1. The van der Waals surface area contributed by atoms with Crippen LogP contribution in [0.15, 0.2) is 42.5 Å². The molecule has 4 rings (SSSR count). The van der Waals surface area contributed by atoms with E-state index in [4.69, 9.17) is 21.7 Å². The van der Waals surface area contributed by atoms with E-state index in [0.29, 0.717) is 16.2 Å². The van der Waals surface area contributed by atoms with Crippen molar-refractivity contribution in [2.45, 2.75) is 34.6 Å². The summed E-state index contributed by atoms with van der Waals surface area (Å²) in [6, 6.07) is 13.4. The maximum atomic E-state index is 13.2. The molecule has 0 saturated heterocycles. The van der Waals surface area contributed by atoms with Crippen LogP contribution in [0.5, 0.6) is 0 Å². The largest absolute Gasteiger partial charge is 0.322 e. The molecular formula is C24H23ClN4O. The van der Waals surface area contributed by atoms with Gasteiger partial charge in [0.2, 0.25) is 0 Å². The Kier molecular flexibility index (Phi) is 5.08. The van der Waals surface area contributed by atoms with Gasteiger partial charge in [-0.15, -0.1) is 0 Å². The van der Waals surface area contributed by atoms with Crippen molar-refractivity contribution in [3.63, 3.8) is 0 Å². The first-order chi connectivity index (χ1) is 14.3. The fourth-order valence-corrected chi connectivity index (χ4v) is 3.77. The third-order valence-corrected chi connectivity index (χ3v) is 5.83. The van der Waals surface area contributed by atoms with Crippen LogP contribution in [0.4, 0.5) is 5.69 Å². The highest BCUT2D eigenvalue weighted by molar-refractivity contribution is 6.31. The lowest BCUT2D eigenvalue weighted by Crippen LogP contribution is -2.13. The standard InChI is InChI=1S/C24H23ClN4O/c1-13-9-10-18(11-14(13)2)27-24(30)19-12-15(3)26-23-22(19)17(5)28-29(23)21-8-6-7-20(25)16(21)4/h6-12H,1-5H3,(H,27,30). The molecule has 0 radical (unpaired) electrons. The normalized spacial score (nSPS) is 11.1. The first kappa shape index (κ1) is 20.1. The number of halogens is 1. The van der Waals surface area contributed by atoms with E-state index < -0.39 is 0 Å². The second-order valence-corrected chi connectivity index (χ2v) is 8.05. The Morgan fingerprint density at radius 3 is 2.50 bits per heavy atom. The number of carbonyl (C=O) groups excluding carboxylic acids is 1. The number of aromatic nitrogens is 3. The van der Waals surface area contributed by atoms with Gasteiger partial charge in [-0.2, -0.15) is 5.10 Å². The lowest BCUT2D eigenvalue weighted by Gasteiger charge is -2.11. The third kappa shape index (κ3) is 3.46. The summed E-state index contributed by atoms with van der Waals surface area (Å²) < 4.78 is 1.77. The van der Waals surface area contributed by atoms with E-state index in [1.807, 2.05) is 77.1 Å². The van der Waals surface area contributed by atoms with Crippen LogP contribution in [0.1, 0.15) is 38.4 Å². The van der Waals surface area contributed by atoms with E-state index in [0.717, 1.165) is 39.3 Å². The van der Waals surface area contributed by atoms with E-state index in [1.165, 1.54) is 5.56 Å². The number of rotatable bonds is 3. The van der Waals surface area contributed by atoms with Crippen LogP contribution >= 0.6 is 11.6 Å². The molecule has 30 heavy (non-hydrogen) atoms. The van der Waals surface area contributed by atoms with Crippen LogP contribution in [0, 0.1) is 34.6 Å². The molecule has 1 amide bonds. The number of benzene rings is 2. The minimum atomic E-state index is -0.181. The Hall–Kier alpha value is -3.18. The number of aryl methyl sites for hydroxylation is 4. The Labute approximate surface area is 180 Å². The summed E-state index contributed by atoms with van der Waals surface area (Å²) in [6.45, 7) is 9.80. The highest BCUT2D eigenvalue weighted by Crippen LogP contribution is 2.29. The van der Waals surface area contributed by atoms with Gasteiger partial charge in [-0.25, -0.2) is 9.67 Å². The van der Waals surface area contributed by atoms with Crippen molar-refractivity contribution in [3.8, 4) is 5.69 Å². The van der Waals surface area contributed by atoms with E-state index in [9.17, 15) is 4.79 Å². The molecule has 0 aliphatic carbocycles. The lowest BCUT2D eigenvalue weighted by atomic mass is 10.1. The number of anilines is 1. The zero-order valence-electron chi connectivity index (χ0n) is 17.7. The SMILES string of the molecule is Cc1cc(C(=O)Nc2ccc(C)c(C)c2)c2c(C)nn(-c3cccc(Cl)c3C)c2n1. The molecule has 2 aromatic heterocycles. The molecule has 0 atom stereocenters. The molecule has 0 saturated carbocycles. The second kappa shape index (κ2) is 7.58. The minimum Gasteiger partial charge on any atom is -0.322 e. The van der Waals surface area contributed by atoms with Gasteiger partial charge in [0.15, 0.2) is 5.65 Å². The average Bonchev–Trinajstić information content (AvgIpc) is 3.02. The second-order valence-electron chi connectivity index (χ2n) is 7.64. The van der Waals surface area contributed by atoms with Crippen LogP contribution in [0.25, 0.3) is 16.7 Å². The van der Waals surface area contributed by atoms with Crippen molar-refractivity contribution < 1.29 is 4.79 Å². The van der Waals surface area contributed by atoms with Gasteiger partial charge in [0.25, 0.3) is 5.91 Å². The van der Waals surface area contributed by atoms with Crippen LogP contribution in [-0.4, -0.2) is 20.7 Å². The van der Waals surface area contributed by atoms with Crippen LogP contribution in [0.3, 0.4) is 0 Å². The summed E-state index contributed by atoms with van der Waals surface area (Å²) in [6.07, 6.45) is 0. The molecule has 0 aliphatic heterocycles. The van der Waals surface area contributed by atoms with Crippen LogP contribution in [0.2, 0.25) is 5.02 Å².